The first-order chi connectivity index (χ1) is 8.15. The Hall–Kier alpha value is -0.830. The van der Waals surface area contributed by atoms with Gasteiger partial charge in [0.05, 0.1) is 6.42 Å². The molecule has 0 heterocycles. The second-order valence-corrected chi connectivity index (χ2v) is 6.17. The van der Waals surface area contributed by atoms with Crippen LogP contribution in [0.15, 0.2) is 30.3 Å². The Labute approximate surface area is 111 Å². The van der Waals surface area contributed by atoms with Gasteiger partial charge in [0.1, 0.15) is 0 Å². The predicted molar refractivity (Wildman–Crippen MR) is 73.2 cm³/mol. The molecule has 1 aliphatic carbocycles. The van der Waals surface area contributed by atoms with Gasteiger partial charge in [-0.3, -0.25) is 4.79 Å². The van der Waals surface area contributed by atoms with Gasteiger partial charge in [0.2, 0.25) is 5.91 Å². The summed E-state index contributed by atoms with van der Waals surface area (Å²) >= 11 is 3.58. The van der Waals surface area contributed by atoms with Gasteiger partial charge in [0.15, 0.2) is 0 Å². The molecule has 0 aliphatic heterocycles. The van der Waals surface area contributed by atoms with Gasteiger partial charge >= 0.3 is 0 Å². The number of carbonyl (C=O) groups excluding carboxylic acids is 1. The molecular formula is C14H18BrNO. The smallest absolute Gasteiger partial charge is 0.226 e. The molecule has 0 N–H and O–H groups in total. The van der Waals surface area contributed by atoms with Gasteiger partial charge in [0, 0.05) is 18.4 Å². The number of benzene rings is 1. The molecule has 17 heavy (non-hydrogen) atoms. The predicted octanol–water partition coefficient (Wildman–Crippen LogP) is 2.86. The van der Waals surface area contributed by atoms with Crippen molar-refractivity contribution in [2.45, 2.75) is 24.1 Å². The Kier molecular flexibility index (Phi) is 4.21. The highest BCUT2D eigenvalue weighted by Gasteiger charge is 2.28. The van der Waals surface area contributed by atoms with E-state index in [0.717, 1.165) is 12.1 Å². The Morgan fingerprint density at radius 3 is 2.59 bits per heavy atom. The van der Waals surface area contributed by atoms with Crippen LogP contribution >= 0.6 is 15.9 Å². The van der Waals surface area contributed by atoms with Gasteiger partial charge in [-0.25, -0.2) is 0 Å². The molecule has 1 aromatic carbocycles. The summed E-state index contributed by atoms with van der Waals surface area (Å²) in [5.41, 5.74) is 1.09. The standard InChI is InChI=1S/C14H18BrNO/c1-16(10-12-7-13(15)8-12)14(17)9-11-5-3-2-4-6-11/h2-6,12-13H,7-10H2,1H3. The number of carbonyl (C=O) groups is 1. The highest BCUT2D eigenvalue weighted by Crippen LogP contribution is 2.33. The summed E-state index contributed by atoms with van der Waals surface area (Å²) in [5.74, 6) is 0.901. The number of hydrogen-bond acceptors (Lipinski definition) is 1. The van der Waals surface area contributed by atoms with Crippen molar-refractivity contribution in [2.75, 3.05) is 13.6 Å². The molecule has 0 unspecified atom stereocenters. The van der Waals surface area contributed by atoms with E-state index in [2.05, 4.69) is 15.9 Å². The first-order valence-corrected chi connectivity index (χ1v) is 6.98. The van der Waals surface area contributed by atoms with Gasteiger partial charge < -0.3 is 4.90 Å². The number of rotatable bonds is 4. The van der Waals surface area contributed by atoms with Crippen molar-refractivity contribution >= 4 is 21.8 Å². The van der Waals surface area contributed by atoms with E-state index in [4.69, 9.17) is 0 Å². The molecule has 2 rings (SSSR count). The summed E-state index contributed by atoms with van der Waals surface area (Å²) in [7, 11) is 1.91. The highest BCUT2D eigenvalue weighted by molar-refractivity contribution is 9.09. The number of hydrogen-bond donors (Lipinski definition) is 0. The Balaban J connectivity index is 1.79. The van der Waals surface area contributed by atoms with Gasteiger partial charge in [-0.1, -0.05) is 46.3 Å². The van der Waals surface area contributed by atoms with Crippen molar-refractivity contribution in [1.29, 1.82) is 0 Å². The Morgan fingerprint density at radius 1 is 1.35 bits per heavy atom. The monoisotopic (exact) mass is 295 g/mol. The Bertz CT molecular complexity index is 373. The van der Waals surface area contributed by atoms with Crippen molar-refractivity contribution < 1.29 is 4.79 Å². The van der Waals surface area contributed by atoms with E-state index in [9.17, 15) is 4.79 Å². The van der Waals surface area contributed by atoms with Crippen LogP contribution < -0.4 is 0 Å². The van der Waals surface area contributed by atoms with Gasteiger partial charge in [-0.15, -0.1) is 0 Å². The average Bonchev–Trinajstić information content (AvgIpc) is 2.28. The summed E-state index contributed by atoms with van der Waals surface area (Å²) in [6.45, 7) is 0.897. The first-order valence-electron chi connectivity index (χ1n) is 6.07. The van der Waals surface area contributed by atoms with Crippen LogP contribution in [0.25, 0.3) is 0 Å². The highest BCUT2D eigenvalue weighted by atomic mass is 79.9. The third kappa shape index (κ3) is 3.56. The maximum Gasteiger partial charge on any atom is 0.226 e. The zero-order valence-electron chi connectivity index (χ0n) is 10.1. The maximum absolute atomic E-state index is 12.0. The van der Waals surface area contributed by atoms with Crippen molar-refractivity contribution in [3.05, 3.63) is 35.9 Å². The lowest BCUT2D eigenvalue weighted by atomic mass is 9.85. The van der Waals surface area contributed by atoms with Crippen LogP contribution in [0.3, 0.4) is 0 Å². The lowest BCUT2D eigenvalue weighted by Gasteiger charge is -2.34. The number of amides is 1. The molecule has 1 amide bonds. The third-order valence-electron chi connectivity index (χ3n) is 3.33. The molecule has 1 saturated carbocycles. The maximum atomic E-state index is 12.0. The third-order valence-corrected chi connectivity index (χ3v) is 4.08. The molecule has 2 nitrogen and oxygen atoms in total. The van der Waals surface area contributed by atoms with E-state index >= 15 is 0 Å². The molecule has 0 saturated heterocycles. The first kappa shape index (κ1) is 12.6. The molecule has 1 aromatic rings. The molecule has 92 valence electrons. The van der Waals surface area contributed by atoms with Crippen LogP contribution in [0.5, 0.6) is 0 Å². The quantitative estimate of drug-likeness (QED) is 0.782. The van der Waals surface area contributed by atoms with Crippen LogP contribution in [0.4, 0.5) is 0 Å². The molecule has 1 aliphatic rings. The van der Waals surface area contributed by atoms with Crippen LogP contribution in [0.2, 0.25) is 0 Å². The van der Waals surface area contributed by atoms with Crippen molar-refractivity contribution in [3.8, 4) is 0 Å². The molecule has 0 bridgehead atoms. The SMILES string of the molecule is CN(CC1CC(Br)C1)C(=O)Cc1ccccc1. The van der Waals surface area contributed by atoms with E-state index in [1.807, 2.05) is 42.3 Å². The van der Waals surface area contributed by atoms with E-state index in [0.29, 0.717) is 17.2 Å². The van der Waals surface area contributed by atoms with Crippen molar-refractivity contribution in [3.63, 3.8) is 0 Å². The van der Waals surface area contributed by atoms with Gasteiger partial charge in [-0.2, -0.15) is 0 Å². The number of nitrogens with zero attached hydrogens (tertiary/aromatic N) is 1. The second-order valence-electron chi connectivity index (χ2n) is 4.87. The summed E-state index contributed by atoms with van der Waals surface area (Å²) in [6.07, 6.45) is 2.91. The van der Waals surface area contributed by atoms with Crippen LogP contribution in [0.1, 0.15) is 18.4 Å². The van der Waals surface area contributed by atoms with E-state index in [-0.39, 0.29) is 5.91 Å². The minimum absolute atomic E-state index is 0.217. The molecule has 0 atom stereocenters. The van der Waals surface area contributed by atoms with Crippen molar-refractivity contribution in [2.24, 2.45) is 5.92 Å². The number of likely N-dealkylation sites (N-methyl/N-ethyl adjacent to an activating group) is 1. The van der Waals surface area contributed by atoms with E-state index < -0.39 is 0 Å². The van der Waals surface area contributed by atoms with Gasteiger partial charge in [0.25, 0.3) is 0 Å². The largest absolute Gasteiger partial charge is 0.345 e. The molecular weight excluding hydrogens is 278 g/mol. The molecule has 0 radical (unpaired) electrons. The lowest BCUT2D eigenvalue weighted by molar-refractivity contribution is -0.130. The normalized spacial score (nSPS) is 22.9. The van der Waals surface area contributed by atoms with Crippen molar-refractivity contribution in [1.82, 2.24) is 4.90 Å². The fourth-order valence-corrected chi connectivity index (χ4v) is 3.26. The molecule has 0 aromatic heterocycles. The van der Waals surface area contributed by atoms with Gasteiger partial charge in [-0.05, 0) is 24.3 Å². The summed E-state index contributed by atoms with van der Waals surface area (Å²) < 4.78 is 0. The molecule has 3 heteroatoms. The average molecular weight is 296 g/mol. The number of halogens is 1. The minimum atomic E-state index is 0.217. The van der Waals surface area contributed by atoms with E-state index in [1.165, 1.54) is 12.8 Å². The fourth-order valence-electron chi connectivity index (χ4n) is 2.20. The molecule has 1 fully saturated rings. The second kappa shape index (κ2) is 5.67. The van der Waals surface area contributed by atoms with Crippen LogP contribution in [-0.2, 0) is 11.2 Å². The topological polar surface area (TPSA) is 20.3 Å². The summed E-state index contributed by atoms with van der Waals surface area (Å²) in [4.78, 5) is 14.5. The zero-order chi connectivity index (χ0) is 12.3. The van der Waals surface area contributed by atoms with Crippen LogP contribution in [0, 0.1) is 5.92 Å². The summed E-state index contributed by atoms with van der Waals surface area (Å²) in [6, 6.07) is 9.93. The zero-order valence-corrected chi connectivity index (χ0v) is 11.7. The molecule has 0 spiro atoms. The fraction of sp³-hybridized carbons (Fsp3) is 0.500. The lowest BCUT2D eigenvalue weighted by Crippen LogP contribution is -2.38. The summed E-state index contributed by atoms with van der Waals surface area (Å²) in [5, 5.41) is 0. The Morgan fingerprint density at radius 2 is 2.00 bits per heavy atom. The van der Waals surface area contributed by atoms with Crippen LogP contribution in [-0.4, -0.2) is 29.2 Å². The number of alkyl halides is 1. The van der Waals surface area contributed by atoms with E-state index in [1.54, 1.807) is 0 Å². The minimum Gasteiger partial charge on any atom is -0.345 e.